The topological polar surface area (TPSA) is 55.6 Å². The Bertz CT molecular complexity index is 482. The summed E-state index contributed by atoms with van der Waals surface area (Å²) in [4.78, 5) is 13.7. The van der Waals surface area contributed by atoms with Crippen LogP contribution in [0.15, 0.2) is 18.2 Å². The first-order valence-electron chi connectivity index (χ1n) is 6.03. The Kier molecular flexibility index (Phi) is 4.68. The van der Waals surface area contributed by atoms with Crippen molar-refractivity contribution in [2.45, 2.75) is 18.5 Å². The van der Waals surface area contributed by atoms with Crippen LogP contribution in [0, 0.1) is 0 Å². The fourth-order valence-electron chi connectivity index (χ4n) is 2.41. The molecule has 1 fully saturated rings. The maximum atomic E-state index is 12.0. The molecule has 1 saturated heterocycles. The van der Waals surface area contributed by atoms with Crippen molar-refractivity contribution in [3.05, 3.63) is 33.8 Å². The standard InChI is InChI=1S/C13H16Cl2N2O2/c1-19-5-4-17-12(18)7-11(16)13(17)9-3-2-8(14)6-10(9)15/h2-3,6,11,13H,4-5,7,16H2,1H3. The fraction of sp³-hybridized carbons (Fsp3) is 0.462. The number of halogens is 2. The molecule has 1 aromatic carbocycles. The molecule has 0 bridgehead atoms. The molecule has 1 aliphatic heterocycles. The summed E-state index contributed by atoms with van der Waals surface area (Å²) >= 11 is 12.1. The average Bonchev–Trinajstić information content (AvgIpc) is 2.62. The molecule has 2 N–H and O–H groups in total. The number of carbonyl (C=O) groups excluding carboxylic acids is 1. The summed E-state index contributed by atoms with van der Waals surface area (Å²) in [5, 5.41) is 1.10. The molecule has 0 spiro atoms. The van der Waals surface area contributed by atoms with Crippen LogP contribution in [-0.4, -0.2) is 37.1 Å². The Labute approximate surface area is 122 Å². The highest BCUT2D eigenvalue weighted by atomic mass is 35.5. The van der Waals surface area contributed by atoms with E-state index in [2.05, 4.69) is 0 Å². The van der Waals surface area contributed by atoms with Crippen LogP contribution in [0.5, 0.6) is 0 Å². The molecule has 104 valence electrons. The number of hydrogen-bond donors (Lipinski definition) is 1. The molecular formula is C13H16Cl2N2O2. The molecule has 2 rings (SSSR count). The van der Waals surface area contributed by atoms with Crippen LogP contribution in [-0.2, 0) is 9.53 Å². The van der Waals surface area contributed by atoms with Crippen molar-refractivity contribution in [1.29, 1.82) is 0 Å². The highest BCUT2D eigenvalue weighted by molar-refractivity contribution is 6.35. The third-order valence-electron chi connectivity index (χ3n) is 3.29. The number of amides is 1. The maximum Gasteiger partial charge on any atom is 0.224 e. The number of nitrogens with two attached hydrogens (primary N) is 1. The van der Waals surface area contributed by atoms with Crippen molar-refractivity contribution in [2.24, 2.45) is 5.73 Å². The van der Waals surface area contributed by atoms with Crippen molar-refractivity contribution in [1.82, 2.24) is 4.90 Å². The van der Waals surface area contributed by atoms with Crippen molar-refractivity contribution in [3.8, 4) is 0 Å². The largest absolute Gasteiger partial charge is 0.383 e. The number of likely N-dealkylation sites (tertiary alicyclic amines) is 1. The average molecular weight is 303 g/mol. The first-order chi connectivity index (χ1) is 9.04. The Hall–Kier alpha value is -0.810. The SMILES string of the molecule is COCCN1C(=O)CC(N)C1c1ccc(Cl)cc1Cl. The van der Waals surface area contributed by atoms with Gasteiger partial charge in [-0.2, -0.15) is 0 Å². The maximum absolute atomic E-state index is 12.0. The van der Waals surface area contributed by atoms with Crippen LogP contribution in [0.3, 0.4) is 0 Å². The zero-order chi connectivity index (χ0) is 14.0. The van der Waals surface area contributed by atoms with Crippen molar-refractivity contribution in [2.75, 3.05) is 20.3 Å². The summed E-state index contributed by atoms with van der Waals surface area (Å²) in [6.07, 6.45) is 0.327. The number of rotatable bonds is 4. The van der Waals surface area contributed by atoms with Crippen LogP contribution >= 0.6 is 23.2 Å². The normalized spacial score (nSPS) is 23.2. The molecule has 1 amide bonds. The fourth-order valence-corrected chi connectivity index (χ4v) is 2.93. The molecular weight excluding hydrogens is 287 g/mol. The highest BCUT2D eigenvalue weighted by Gasteiger charge is 2.39. The van der Waals surface area contributed by atoms with E-state index in [1.165, 1.54) is 0 Å². The van der Waals surface area contributed by atoms with E-state index in [0.717, 1.165) is 5.56 Å². The molecule has 0 aromatic heterocycles. The van der Waals surface area contributed by atoms with Gasteiger partial charge < -0.3 is 15.4 Å². The van der Waals surface area contributed by atoms with Gasteiger partial charge >= 0.3 is 0 Å². The zero-order valence-corrected chi connectivity index (χ0v) is 12.1. The summed E-state index contributed by atoms with van der Waals surface area (Å²) in [7, 11) is 1.60. The van der Waals surface area contributed by atoms with E-state index in [4.69, 9.17) is 33.7 Å². The van der Waals surface area contributed by atoms with E-state index in [-0.39, 0.29) is 18.0 Å². The van der Waals surface area contributed by atoms with Crippen molar-refractivity contribution < 1.29 is 9.53 Å². The first-order valence-corrected chi connectivity index (χ1v) is 6.79. The minimum atomic E-state index is -0.261. The van der Waals surface area contributed by atoms with E-state index >= 15 is 0 Å². The molecule has 0 saturated carbocycles. The monoisotopic (exact) mass is 302 g/mol. The number of hydrogen-bond acceptors (Lipinski definition) is 3. The van der Waals surface area contributed by atoms with Gasteiger partial charge in [-0.3, -0.25) is 4.79 Å². The predicted molar refractivity (Wildman–Crippen MR) is 75.4 cm³/mol. The summed E-state index contributed by atoms with van der Waals surface area (Å²) in [5.41, 5.74) is 6.91. The van der Waals surface area contributed by atoms with Gasteiger partial charge in [0.25, 0.3) is 0 Å². The Morgan fingerprint density at radius 1 is 1.47 bits per heavy atom. The molecule has 0 radical (unpaired) electrons. The second kappa shape index (κ2) is 6.09. The molecule has 2 atom stereocenters. The second-order valence-corrected chi connectivity index (χ2v) is 5.40. The molecule has 1 aliphatic rings. The van der Waals surface area contributed by atoms with Gasteiger partial charge in [-0.1, -0.05) is 29.3 Å². The Morgan fingerprint density at radius 2 is 2.21 bits per heavy atom. The quantitative estimate of drug-likeness (QED) is 0.928. The number of nitrogens with zero attached hydrogens (tertiary/aromatic N) is 1. The van der Waals surface area contributed by atoms with Crippen LogP contribution in [0.4, 0.5) is 0 Å². The molecule has 19 heavy (non-hydrogen) atoms. The van der Waals surface area contributed by atoms with Gasteiger partial charge in [-0.25, -0.2) is 0 Å². The second-order valence-electron chi connectivity index (χ2n) is 4.56. The van der Waals surface area contributed by atoms with Crippen molar-refractivity contribution in [3.63, 3.8) is 0 Å². The van der Waals surface area contributed by atoms with Gasteiger partial charge in [0.1, 0.15) is 0 Å². The van der Waals surface area contributed by atoms with Gasteiger partial charge in [0.2, 0.25) is 5.91 Å². The lowest BCUT2D eigenvalue weighted by Crippen LogP contribution is -2.35. The Morgan fingerprint density at radius 3 is 2.84 bits per heavy atom. The Balaban J connectivity index is 2.31. The lowest BCUT2D eigenvalue weighted by atomic mass is 10.0. The minimum absolute atomic E-state index is 0.0283. The zero-order valence-electron chi connectivity index (χ0n) is 10.6. The van der Waals surface area contributed by atoms with Crippen LogP contribution in [0.2, 0.25) is 10.0 Å². The first kappa shape index (κ1) is 14.6. The van der Waals surface area contributed by atoms with E-state index in [9.17, 15) is 4.79 Å². The smallest absolute Gasteiger partial charge is 0.224 e. The predicted octanol–water partition coefficient (Wildman–Crippen LogP) is 2.24. The molecule has 4 nitrogen and oxygen atoms in total. The van der Waals surface area contributed by atoms with Gasteiger partial charge in [-0.15, -0.1) is 0 Å². The number of carbonyl (C=O) groups is 1. The third-order valence-corrected chi connectivity index (χ3v) is 3.85. The van der Waals surface area contributed by atoms with E-state index in [1.807, 2.05) is 6.07 Å². The van der Waals surface area contributed by atoms with E-state index < -0.39 is 0 Å². The van der Waals surface area contributed by atoms with Gasteiger partial charge in [0.05, 0.1) is 12.6 Å². The number of ether oxygens (including phenoxy) is 1. The summed E-state index contributed by atoms with van der Waals surface area (Å²) in [5.74, 6) is 0.0283. The van der Waals surface area contributed by atoms with Crippen LogP contribution < -0.4 is 5.73 Å². The van der Waals surface area contributed by atoms with Crippen LogP contribution in [0.25, 0.3) is 0 Å². The van der Waals surface area contributed by atoms with Crippen LogP contribution in [0.1, 0.15) is 18.0 Å². The summed E-state index contributed by atoms with van der Waals surface area (Å²) in [6, 6.07) is 4.78. The van der Waals surface area contributed by atoms with Crippen molar-refractivity contribution >= 4 is 29.1 Å². The van der Waals surface area contributed by atoms with E-state index in [1.54, 1.807) is 24.1 Å². The van der Waals surface area contributed by atoms with Gasteiger partial charge in [0.15, 0.2) is 0 Å². The minimum Gasteiger partial charge on any atom is -0.383 e. The molecule has 6 heteroatoms. The summed E-state index contributed by atoms with van der Waals surface area (Å²) < 4.78 is 5.03. The highest BCUT2D eigenvalue weighted by Crippen LogP contribution is 2.36. The summed E-state index contributed by atoms with van der Waals surface area (Å²) in [6.45, 7) is 0.979. The molecule has 0 aliphatic carbocycles. The number of benzene rings is 1. The molecule has 2 unspecified atom stereocenters. The molecule has 1 aromatic rings. The lowest BCUT2D eigenvalue weighted by Gasteiger charge is -2.27. The third kappa shape index (κ3) is 3.03. The lowest BCUT2D eigenvalue weighted by molar-refractivity contribution is -0.129. The van der Waals surface area contributed by atoms with E-state index in [0.29, 0.717) is 29.6 Å². The van der Waals surface area contributed by atoms with Gasteiger partial charge in [-0.05, 0) is 17.7 Å². The number of methoxy groups -OCH3 is 1. The van der Waals surface area contributed by atoms with Gasteiger partial charge in [0, 0.05) is 36.2 Å². The molecule has 1 heterocycles.